The van der Waals surface area contributed by atoms with Crippen molar-refractivity contribution in [2.75, 3.05) is 12.0 Å². The van der Waals surface area contributed by atoms with Crippen LogP contribution in [0.1, 0.15) is 30.6 Å². The van der Waals surface area contributed by atoms with Gasteiger partial charge in [0, 0.05) is 12.5 Å². The molecule has 21 heavy (non-hydrogen) atoms. The number of carbonyl (C=O) groups is 3. The van der Waals surface area contributed by atoms with Crippen LogP contribution in [-0.4, -0.2) is 30.0 Å². The summed E-state index contributed by atoms with van der Waals surface area (Å²) in [6.07, 6.45) is 0.0746. The highest BCUT2D eigenvalue weighted by Gasteiger charge is 2.46. The quantitative estimate of drug-likeness (QED) is 0.866. The van der Waals surface area contributed by atoms with Gasteiger partial charge in [-0.2, -0.15) is 0 Å². The fourth-order valence-electron chi connectivity index (χ4n) is 2.24. The first-order valence-electron chi connectivity index (χ1n) is 6.17. The van der Waals surface area contributed by atoms with E-state index in [1.807, 2.05) is 0 Å². The van der Waals surface area contributed by atoms with E-state index in [2.05, 4.69) is 0 Å². The Morgan fingerprint density at radius 1 is 1.38 bits per heavy atom. The van der Waals surface area contributed by atoms with Crippen LogP contribution in [0.15, 0.2) is 12.1 Å². The van der Waals surface area contributed by atoms with Gasteiger partial charge in [0.05, 0.1) is 23.2 Å². The number of ether oxygens (including phenoxy) is 1. The van der Waals surface area contributed by atoms with Crippen LogP contribution in [0.3, 0.4) is 0 Å². The first-order chi connectivity index (χ1) is 9.69. The number of rotatable bonds is 3. The van der Waals surface area contributed by atoms with Crippen LogP contribution in [-0.2, 0) is 9.59 Å². The minimum atomic E-state index is -1.21. The van der Waals surface area contributed by atoms with Gasteiger partial charge in [0.25, 0.3) is 0 Å². The zero-order valence-corrected chi connectivity index (χ0v) is 12.5. The molecule has 0 spiro atoms. The number of hydrogen-bond donors (Lipinski definition) is 1. The van der Waals surface area contributed by atoms with Gasteiger partial charge in [0.15, 0.2) is 0 Å². The van der Waals surface area contributed by atoms with Crippen molar-refractivity contribution in [3.8, 4) is 5.75 Å². The lowest BCUT2D eigenvalue weighted by atomic mass is 9.92. The van der Waals surface area contributed by atoms with Crippen LogP contribution in [0.5, 0.6) is 5.75 Å². The van der Waals surface area contributed by atoms with Crippen molar-refractivity contribution >= 4 is 35.1 Å². The Hall–Kier alpha value is -2.08. The summed E-state index contributed by atoms with van der Waals surface area (Å²) in [5.41, 5.74) is -0.803. The van der Waals surface area contributed by atoms with Gasteiger partial charge in [-0.05, 0) is 6.07 Å². The molecule has 2 rings (SSSR count). The third kappa shape index (κ3) is 2.47. The van der Waals surface area contributed by atoms with Crippen LogP contribution in [0.4, 0.5) is 5.69 Å². The first-order valence-corrected chi connectivity index (χ1v) is 6.55. The van der Waals surface area contributed by atoms with Crippen molar-refractivity contribution in [2.45, 2.75) is 20.3 Å². The highest BCUT2D eigenvalue weighted by Crippen LogP contribution is 2.40. The number of halogens is 1. The number of carboxylic acids is 1. The standard InChI is InChI=1S/C14H14ClNO5/c1-14(2)6-11(17)16(13(14)20)9-5-10(21-3)7(12(18)19)4-8(9)15/h4-5H,6H2,1-3H3,(H,18,19). The molecule has 0 aliphatic carbocycles. The molecule has 1 fully saturated rings. The van der Waals surface area contributed by atoms with E-state index in [1.165, 1.54) is 19.2 Å². The van der Waals surface area contributed by atoms with Gasteiger partial charge >= 0.3 is 5.97 Å². The molecule has 112 valence electrons. The molecular formula is C14H14ClNO5. The number of methoxy groups -OCH3 is 1. The van der Waals surface area contributed by atoms with E-state index >= 15 is 0 Å². The molecule has 1 aromatic carbocycles. The fourth-order valence-corrected chi connectivity index (χ4v) is 2.49. The van der Waals surface area contributed by atoms with Gasteiger partial charge in [0.1, 0.15) is 11.3 Å². The topological polar surface area (TPSA) is 83.9 Å². The number of amides is 2. The van der Waals surface area contributed by atoms with Crippen LogP contribution >= 0.6 is 11.6 Å². The lowest BCUT2D eigenvalue weighted by Crippen LogP contribution is -2.33. The number of hydrogen-bond acceptors (Lipinski definition) is 4. The summed E-state index contributed by atoms with van der Waals surface area (Å²) in [5, 5.41) is 9.09. The van der Waals surface area contributed by atoms with Gasteiger partial charge in [-0.1, -0.05) is 25.4 Å². The second-order valence-electron chi connectivity index (χ2n) is 5.40. The molecule has 1 aliphatic rings. The Morgan fingerprint density at radius 3 is 2.43 bits per heavy atom. The second kappa shape index (κ2) is 5.04. The first kappa shape index (κ1) is 15.3. The Balaban J connectivity index is 2.58. The van der Waals surface area contributed by atoms with Gasteiger partial charge in [-0.15, -0.1) is 0 Å². The molecule has 2 amide bonds. The summed E-state index contributed by atoms with van der Waals surface area (Å²) in [5.74, 6) is -1.93. The van der Waals surface area contributed by atoms with E-state index in [-0.39, 0.29) is 40.3 Å². The van der Waals surface area contributed by atoms with Crippen LogP contribution in [0, 0.1) is 5.41 Å². The van der Waals surface area contributed by atoms with E-state index in [0.29, 0.717) is 0 Å². The van der Waals surface area contributed by atoms with Crippen molar-refractivity contribution in [2.24, 2.45) is 5.41 Å². The Bertz CT molecular complexity index is 653. The molecule has 0 unspecified atom stereocenters. The second-order valence-corrected chi connectivity index (χ2v) is 5.81. The summed E-state index contributed by atoms with van der Waals surface area (Å²) in [4.78, 5) is 36.5. The fraction of sp³-hybridized carbons (Fsp3) is 0.357. The average molecular weight is 312 g/mol. The minimum Gasteiger partial charge on any atom is -0.496 e. The van der Waals surface area contributed by atoms with Gasteiger partial charge in [-0.3, -0.25) is 9.59 Å². The zero-order chi connectivity index (χ0) is 15.9. The van der Waals surface area contributed by atoms with Crippen molar-refractivity contribution in [3.05, 3.63) is 22.7 Å². The molecule has 0 aromatic heterocycles. The number of nitrogens with zero attached hydrogens (tertiary/aromatic N) is 1. The molecule has 0 saturated carbocycles. The molecule has 1 aromatic rings. The Labute approximate surface area is 126 Å². The van der Waals surface area contributed by atoms with Crippen molar-refractivity contribution in [3.63, 3.8) is 0 Å². The molecule has 0 radical (unpaired) electrons. The number of imide groups is 1. The third-order valence-electron chi connectivity index (χ3n) is 3.36. The molecule has 6 nitrogen and oxygen atoms in total. The highest BCUT2D eigenvalue weighted by atomic mass is 35.5. The summed E-state index contributed by atoms with van der Waals surface area (Å²) in [6, 6.07) is 2.47. The monoisotopic (exact) mass is 311 g/mol. The maximum absolute atomic E-state index is 12.3. The summed E-state index contributed by atoms with van der Waals surface area (Å²) < 4.78 is 5.00. The largest absolute Gasteiger partial charge is 0.496 e. The lowest BCUT2D eigenvalue weighted by molar-refractivity contribution is -0.124. The summed E-state index contributed by atoms with van der Waals surface area (Å²) in [6.45, 7) is 3.34. The smallest absolute Gasteiger partial charge is 0.339 e. The van der Waals surface area contributed by atoms with Crippen LogP contribution < -0.4 is 9.64 Å². The van der Waals surface area contributed by atoms with Gasteiger partial charge in [-0.25, -0.2) is 9.69 Å². The van der Waals surface area contributed by atoms with Crippen LogP contribution in [0.25, 0.3) is 0 Å². The predicted octanol–water partition coefficient (Wildman–Crippen LogP) is 2.34. The highest BCUT2D eigenvalue weighted by molar-refractivity contribution is 6.36. The maximum atomic E-state index is 12.3. The minimum absolute atomic E-state index is 0.00704. The number of carboxylic acid groups (broad SMARTS) is 1. The summed E-state index contributed by atoms with van der Waals surface area (Å²) in [7, 11) is 1.30. The number of aromatic carboxylic acids is 1. The number of benzene rings is 1. The molecule has 1 heterocycles. The van der Waals surface area contributed by atoms with E-state index in [4.69, 9.17) is 21.4 Å². The zero-order valence-electron chi connectivity index (χ0n) is 11.8. The van der Waals surface area contributed by atoms with Gasteiger partial charge < -0.3 is 9.84 Å². The lowest BCUT2D eigenvalue weighted by Gasteiger charge is -2.20. The third-order valence-corrected chi connectivity index (χ3v) is 3.67. The molecule has 1 saturated heterocycles. The SMILES string of the molecule is COc1cc(N2C(=O)CC(C)(C)C2=O)c(Cl)cc1C(=O)O. The maximum Gasteiger partial charge on any atom is 0.339 e. The van der Waals surface area contributed by atoms with E-state index in [1.54, 1.807) is 13.8 Å². The normalized spacial score (nSPS) is 17.2. The van der Waals surface area contributed by atoms with Crippen molar-refractivity contribution in [1.82, 2.24) is 0 Å². The average Bonchev–Trinajstić information content (AvgIpc) is 2.58. The van der Waals surface area contributed by atoms with Crippen LogP contribution in [0.2, 0.25) is 5.02 Å². The van der Waals surface area contributed by atoms with E-state index in [9.17, 15) is 14.4 Å². The Morgan fingerprint density at radius 2 is 2.00 bits per heavy atom. The van der Waals surface area contributed by atoms with E-state index < -0.39 is 11.4 Å². The van der Waals surface area contributed by atoms with Crippen molar-refractivity contribution in [1.29, 1.82) is 0 Å². The molecule has 0 atom stereocenters. The molecule has 7 heteroatoms. The van der Waals surface area contributed by atoms with Gasteiger partial charge in [0.2, 0.25) is 11.8 Å². The Kier molecular flexibility index (Phi) is 3.67. The number of anilines is 1. The number of carbonyl (C=O) groups excluding carboxylic acids is 2. The molecule has 1 N–H and O–H groups in total. The van der Waals surface area contributed by atoms with E-state index in [0.717, 1.165) is 4.90 Å². The summed E-state index contributed by atoms with van der Waals surface area (Å²) >= 11 is 6.04. The van der Waals surface area contributed by atoms with Crippen molar-refractivity contribution < 1.29 is 24.2 Å². The molecule has 1 aliphatic heterocycles. The molecular weight excluding hydrogens is 298 g/mol. The predicted molar refractivity (Wildman–Crippen MR) is 75.9 cm³/mol. The molecule has 0 bridgehead atoms.